The molecular formula is C30H42N2O6. The van der Waals surface area contributed by atoms with E-state index in [4.69, 9.17) is 14.2 Å². The Morgan fingerprint density at radius 1 is 0.921 bits per heavy atom. The van der Waals surface area contributed by atoms with E-state index < -0.39 is 17.9 Å². The van der Waals surface area contributed by atoms with Crippen molar-refractivity contribution in [1.29, 1.82) is 0 Å². The van der Waals surface area contributed by atoms with Crippen molar-refractivity contribution in [3.63, 3.8) is 0 Å². The number of carbonyl (C=O) groups is 2. The normalized spacial score (nSPS) is 19.2. The van der Waals surface area contributed by atoms with Crippen molar-refractivity contribution in [2.24, 2.45) is 5.92 Å². The van der Waals surface area contributed by atoms with E-state index in [0.29, 0.717) is 36.9 Å². The molecule has 1 fully saturated rings. The number of hydrogen-bond donors (Lipinski definition) is 1. The fourth-order valence-corrected chi connectivity index (χ4v) is 5.37. The Hall–Kier alpha value is -3.26. The van der Waals surface area contributed by atoms with Gasteiger partial charge < -0.3 is 24.2 Å². The minimum absolute atomic E-state index is 0.0388. The zero-order valence-electron chi connectivity index (χ0n) is 23.3. The molecule has 0 bridgehead atoms. The maximum Gasteiger partial charge on any atom is 0.309 e. The number of likely N-dealkylation sites (tertiary alicyclic amines) is 1. The van der Waals surface area contributed by atoms with Gasteiger partial charge in [0, 0.05) is 37.7 Å². The van der Waals surface area contributed by atoms with Crippen LogP contribution in [0.3, 0.4) is 0 Å². The number of nitrogens with zero attached hydrogens (tertiary/aromatic N) is 2. The minimum atomic E-state index is -0.905. The highest BCUT2D eigenvalue weighted by atomic mass is 16.5. The van der Waals surface area contributed by atoms with Crippen molar-refractivity contribution >= 4 is 11.9 Å². The summed E-state index contributed by atoms with van der Waals surface area (Å²) in [6.07, 6.45) is 3.91. The molecule has 0 aromatic heterocycles. The van der Waals surface area contributed by atoms with E-state index in [1.165, 1.54) is 0 Å². The summed E-state index contributed by atoms with van der Waals surface area (Å²) in [7, 11) is 4.76. The van der Waals surface area contributed by atoms with Crippen LogP contribution < -0.4 is 14.2 Å². The van der Waals surface area contributed by atoms with Gasteiger partial charge in [-0.3, -0.25) is 14.5 Å². The van der Waals surface area contributed by atoms with E-state index in [1.807, 2.05) is 46.2 Å². The van der Waals surface area contributed by atoms with Gasteiger partial charge in [0.2, 0.25) is 5.91 Å². The van der Waals surface area contributed by atoms with E-state index in [9.17, 15) is 14.7 Å². The van der Waals surface area contributed by atoms with Gasteiger partial charge in [-0.25, -0.2) is 0 Å². The highest BCUT2D eigenvalue weighted by Gasteiger charge is 2.48. The molecule has 3 atom stereocenters. The first-order chi connectivity index (χ1) is 18.4. The number of benzene rings is 2. The van der Waals surface area contributed by atoms with Crippen molar-refractivity contribution in [3.05, 3.63) is 53.6 Å². The molecule has 2 aromatic carbocycles. The smallest absolute Gasteiger partial charge is 0.309 e. The summed E-state index contributed by atoms with van der Waals surface area (Å²) in [5, 5.41) is 10.5. The molecule has 0 spiro atoms. The van der Waals surface area contributed by atoms with Gasteiger partial charge in [-0.1, -0.05) is 44.9 Å². The molecule has 1 heterocycles. The van der Waals surface area contributed by atoms with E-state index in [1.54, 1.807) is 27.4 Å². The molecule has 0 radical (unpaired) electrons. The van der Waals surface area contributed by atoms with Crippen molar-refractivity contribution in [2.75, 3.05) is 47.5 Å². The number of carbonyl (C=O) groups excluding carboxylic acids is 1. The molecule has 1 aliphatic rings. The molecule has 1 amide bonds. The van der Waals surface area contributed by atoms with Gasteiger partial charge in [0.05, 0.1) is 33.8 Å². The minimum Gasteiger partial charge on any atom is -0.497 e. The summed E-state index contributed by atoms with van der Waals surface area (Å²) in [6.45, 7) is 6.24. The fourth-order valence-electron chi connectivity index (χ4n) is 5.37. The van der Waals surface area contributed by atoms with Gasteiger partial charge >= 0.3 is 5.97 Å². The third-order valence-electron chi connectivity index (χ3n) is 7.44. The van der Waals surface area contributed by atoms with Gasteiger partial charge in [-0.15, -0.1) is 0 Å². The van der Waals surface area contributed by atoms with Crippen molar-refractivity contribution in [2.45, 2.75) is 51.5 Å². The maximum atomic E-state index is 13.6. The van der Waals surface area contributed by atoms with Crippen LogP contribution in [-0.2, 0) is 9.59 Å². The molecule has 8 heteroatoms. The first-order valence-corrected chi connectivity index (χ1v) is 13.5. The summed E-state index contributed by atoms with van der Waals surface area (Å²) in [5.74, 6) is -0.119. The number of ether oxygens (including phenoxy) is 3. The molecule has 0 unspecified atom stereocenters. The lowest BCUT2D eigenvalue weighted by Gasteiger charge is -2.30. The van der Waals surface area contributed by atoms with Gasteiger partial charge in [-0.2, -0.15) is 0 Å². The summed E-state index contributed by atoms with van der Waals surface area (Å²) in [4.78, 5) is 30.4. The topological polar surface area (TPSA) is 88.5 Å². The van der Waals surface area contributed by atoms with Crippen LogP contribution in [0.4, 0.5) is 0 Å². The van der Waals surface area contributed by atoms with Crippen LogP contribution in [0.1, 0.15) is 62.6 Å². The Morgan fingerprint density at radius 2 is 1.53 bits per heavy atom. The summed E-state index contributed by atoms with van der Waals surface area (Å²) < 4.78 is 16.3. The number of aliphatic carboxylic acids is 1. The van der Waals surface area contributed by atoms with Crippen molar-refractivity contribution < 1.29 is 28.9 Å². The molecule has 0 aliphatic carbocycles. The van der Waals surface area contributed by atoms with E-state index in [-0.39, 0.29) is 18.4 Å². The quantitative estimate of drug-likeness (QED) is 0.371. The average molecular weight is 527 g/mol. The van der Waals surface area contributed by atoms with Crippen LogP contribution >= 0.6 is 0 Å². The lowest BCUT2D eigenvalue weighted by Crippen LogP contribution is -2.42. The van der Waals surface area contributed by atoms with Crippen LogP contribution in [0, 0.1) is 5.92 Å². The first-order valence-electron chi connectivity index (χ1n) is 13.5. The third-order valence-corrected chi connectivity index (χ3v) is 7.44. The second-order valence-corrected chi connectivity index (χ2v) is 9.81. The zero-order valence-corrected chi connectivity index (χ0v) is 23.3. The van der Waals surface area contributed by atoms with Crippen molar-refractivity contribution in [1.82, 2.24) is 9.80 Å². The molecule has 8 nitrogen and oxygen atoms in total. The Morgan fingerprint density at radius 3 is 2.05 bits per heavy atom. The van der Waals surface area contributed by atoms with Crippen LogP contribution in [-0.4, -0.2) is 74.3 Å². The molecule has 1 aliphatic heterocycles. The average Bonchev–Trinajstić information content (AvgIpc) is 3.31. The number of carboxylic acid groups (broad SMARTS) is 1. The standard InChI is InChI=1S/C30H42N2O6/c1-6-8-16-31(17-9-7-2)27(33)20-32-19-25(24-15-14-23(37-4)18-26(24)38-5)28(30(34)35)29(32)21-10-12-22(36-3)13-11-21/h10-15,18,25,28-29H,6-9,16-17,19-20H2,1-5H3,(H,34,35)/t25-,28+,29-/m1/s1. The van der Waals surface area contributed by atoms with Crippen molar-refractivity contribution in [3.8, 4) is 17.2 Å². The highest BCUT2D eigenvalue weighted by molar-refractivity contribution is 5.79. The number of amides is 1. The Balaban J connectivity index is 2.02. The summed E-state index contributed by atoms with van der Waals surface area (Å²) in [5.41, 5.74) is 1.64. The number of rotatable bonds is 14. The number of carboxylic acids is 1. The van der Waals surface area contributed by atoms with E-state index in [0.717, 1.165) is 36.8 Å². The predicted octanol–water partition coefficient (Wildman–Crippen LogP) is 4.98. The van der Waals surface area contributed by atoms with Gasteiger partial charge in [0.1, 0.15) is 17.2 Å². The predicted molar refractivity (Wildman–Crippen MR) is 147 cm³/mol. The van der Waals surface area contributed by atoms with Gasteiger partial charge in [-0.05, 0) is 42.2 Å². The largest absolute Gasteiger partial charge is 0.497 e. The molecular weight excluding hydrogens is 484 g/mol. The van der Waals surface area contributed by atoms with Crippen LogP contribution in [0.15, 0.2) is 42.5 Å². The number of hydrogen-bond acceptors (Lipinski definition) is 6. The Bertz CT molecular complexity index is 1050. The van der Waals surface area contributed by atoms with Gasteiger partial charge in [0.15, 0.2) is 0 Å². The monoisotopic (exact) mass is 526 g/mol. The molecule has 3 rings (SSSR count). The second-order valence-electron chi connectivity index (χ2n) is 9.81. The SMILES string of the molecule is CCCCN(CCCC)C(=O)CN1C[C@H](c2ccc(OC)cc2OC)[C@H](C(=O)O)[C@H]1c1ccc(OC)cc1. The molecule has 208 valence electrons. The Labute approximate surface area is 226 Å². The van der Waals surface area contributed by atoms with Crippen LogP contribution in [0.2, 0.25) is 0 Å². The fraction of sp³-hybridized carbons (Fsp3) is 0.533. The number of methoxy groups -OCH3 is 3. The molecule has 2 aromatic rings. The Kier molecular flexibility index (Phi) is 10.8. The zero-order chi connectivity index (χ0) is 27.7. The second kappa shape index (κ2) is 14.0. The molecule has 1 N–H and O–H groups in total. The molecule has 0 saturated carbocycles. The first kappa shape index (κ1) is 29.3. The van der Waals surface area contributed by atoms with Gasteiger partial charge in [0.25, 0.3) is 0 Å². The summed E-state index contributed by atoms with van der Waals surface area (Å²) in [6, 6.07) is 12.5. The maximum absolute atomic E-state index is 13.6. The molecule has 1 saturated heterocycles. The van der Waals surface area contributed by atoms with Crippen LogP contribution in [0.25, 0.3) is 0 Å². The molecule has 38 heavy (non-hydrogen) atoms. The van der Waals surface area contributed by atoms with E-state index in [2.05, 4.69) is 13.8 Å². The van der Waals surface area contributed by atoms with Crippen LogP contribution in [0.5, 0.6) is 17.2 Å². The highest BCUT2D eigenvalue weighted by Crippen LogP contribution is 2.48. The van der Waals surface area contributed by atoms with E-state index >= 15 is 0 Å². The lowest BCUT2D eigenvalue weighted by atomic mass is 9.82. The number of unbranched alkanes of at least 4 members (excludes halogenated alkanes) is 2. The third kappa shape index (κ3) is 6.78. The summed E-state index contributed by atoms with van der Waals surface area (Å²) >= 11 is 0. The lowest BCUT2D eigenvalue weighted by molar-refractivity contribution is -0.144.